The molecule has 1 atom stereocenters. The Kier molecular flexibility index (Phi) is 4.40. The number of fused-ring (bicyclic) bond motifs is 1. The van der Waals surface area contributed by atoms with Crippen LogP contribution in [0.2, 0.25) is 5.02 Å². The van der Waals surface area contributed by atoms with E-state index in [4.69, 9.17) is 11.6 Å². The molecule has 0 fully saturated rings. The van der Waals surface area contributed by atoms with E-state index in [2.05, 4.69) is 21.2 Å². The number of hydrogen-bond acceptors (Lipinski definition) is 3. The Morgan fingerprint density at radius 2 is 2.20 bits per heavy atom. The Balaban J connectivity index is 1.82. The van der Waals surface area contributed by atoms with Crippen molar-refractivity contribution in [3.63, 3.8) is 0 Å². The van der Waals surface area contributed by atoms with Gasteiger partial charge in [0.05, 0.1) is 14.7 Å². The van der Waals surface area contributed by atoms with Gasteiger partial charge in [0, 0.05) is 15.7 Å². The highest BCUT2D eigenvalue weighted by Crippen LogP contribution is 2.37. The Morgan fingerprint density at radius 1 is 1.35 bits per heavy atom. The monoisotopic (exact) mass is 387 g/mol. The van der Waals surface area contributed by atoms with E-state index in [0.717, 1.165) is 26.4 Å². The largest absolute Gasteiger partial charge is 0.344 e. The summed E-state index contributed by atoms with van der Waals surface area (Å²) in [4.78, 5) is 14.2. The van der Waals surface area contributed by atoms with Crippen molar-refractivity contribution >= 4 is 56.5 Å². The van der Waals surface area contributed by atoms with Gasteiger partial charge in [0.25, 0.3) is 5.91 Å². The minimum Gasteiger partial charge on any atom is -0.344 e. The zero-order chi connectivity index (χ0) is 14.1. The van der Waals surface area contributed by atoms with Gasteiger partial charge in [0.2, 0.25) is 0 Å². The van der Waals surface area contributed by atoms with E-state index in [1.807, 2.05) is 42.1 Å². The van der Waals surface area contributed by atoms with E-state index >= 15 is 0 Å². The number of carbonyl (C=O) groups excluding carboxylic acids is 1. The van der Waals surface area contributed by atoms with Crippen LogP contribution in [0.5, 0.6) is 0 Å². The lowest BCUT2D eigenvalue weighted by Gasteiger charge is -2.26. The van der Waals surface area contributed by atoms with Crippen molar-refractivity contribution in [2.75, 3.05) is 5.75 Å². The van der Waals surface area contributed by atoms with Crippen LogP contribution in [0.25, 0.3) is 0 Å². The second kappa shape index (κ2) is 6.10. The summed E-state index contributed by atoms with van der Waals surface area (Å²) < 4.78 is 0.963. The van der Waals surface area contributed by atoms with Crippen molar-refractivity contribution in [1.82, 2.24) is 5.32 Å². The predicted octanol–water partition coefficient (Wildman–Crippen LogP) is 5.13. The zero-order valence-corrected chi connectivity index (χ0v) is 14.3. The van der Waals surface area contributed by atoms with Crippen LogP contribution in [0.3, 0.4) is 0 Å². The third kappa shape index (κ3) is 3.06. The molecule has 3 rings (SSSR count). The van der Waals surface area contributed by atoms with E-state index in [9.17, 15) is 4.79 Å². The summed E-state index contributed by atoms with van der Waals surface area (Å²) in [5.41, 5.74) is 1.12. The molecular weight excluding hydrogens is 378 g/mol. The smallest absolute Gasteiger partial charge is 0.261 e. The summed E-state index contributed by atoms with van der Waals surface area (Å²) in [5.74, 6) is 0.983. The average molecular weight is 389 g/mol. The van der Waals surface area contributed by atoms with Crippen LogP contribution in [-0.2, 0) is 0 Å². The van der Waals surface area contributed by atoms with E-state index in [-0.39, 0.29) is 11.9 Å². The maximum atomic E-state index is 12.3. The first kappa shape index (κ1) is 14.4. The Hall–Kier alpha value is -0.490. The van der Waals surface area contributed by atoms with Gasteiger partial charge >= 0.3 is 0 Å². The van der Waals surface area contributed by atoms with Gasteiger partial charge in [0.1, 0.15) is 0 Å². The molecule has 20 heavy (non-hydrogen) atoms. The standard InChI is InChI=1S/C14H11BrClNOS2/c15-13-4-3-12(20-13)14(18)17-10-5-6-19-11-2-1-8(16)7-9(10)11/h1-4,7,10H,5-6H2,(H,17,18). The van der Waals surface area contributed by atoms with E-state index in [1.165, 1.54) is 16.2 Å². The molecule has 0 radical (unpaired) electrons. The highest BCUT2D eigenvalue weighted by atomic mass is 79.9. The second-order valence-electron chi connectivity index (χ2n) is 4.45. The molecule has 1 aliphatic heterocycles. The number of hydrogen-bond donors (Lipinski definition) is 1. The minimum atomic E-state index is -0.0245. The van der Waals surface area contributed by atoms with Gasteiger partial charge in [-0.1, -0.05) is 11.6 Å². The number of halogens is 2. The third-order valence-electron chi connectivity index (χ3n) is 3.11. The molecule has 2 aromatic rings. The maximum absolute atomic E-state index is 12.3. The first-order valence-corrected chi connectivity index (χ1v) is 9.09. The van der Waals surface area contributed by atoms with Crippen LogP contribution in [0.1, 0.15) is 27.7 Å². The molecule has 0 aliphatic carbocycles. The molecule has 1 aromatic heterocycles. The number of nitrogens with one attached hydrogen (secondary N) is 1. The number of thioether (sulfide) groups is 1. The van der Waals surface area contributed by atoms with Crippen LogP contribution >= 0.6 is 50.6 Å². The molecule has 0 bridgehead atoms. The van der Waals surface area contributed by atoms with Crippen LogP contribution in [0, 0.1) is 0 Å². The lowest BCUT2D eigenvalue weighted by molar-refractivity contribution is 0.0939. The summed E-state index contributed by atoms with van der Waals surface area (Å²) in [5, 5.41) is 3.82. The SMILES string of the molecule is O=C(NC1CCSc2ccc(Cl)cc21)c1ccc(Br)s1. The van der Waals surface area contributed by atoms with Gasteiger partial charge in [-0.05, 0) is 58.2 Å². The normalized spacial score (nSPS) is 17.6. The molecule has 1 aromatic carbocycles. The predicted molar refractivity (Wildman–Crippen MR) is 89.0 cm³/mol. The number of carbonyl (C=O) groups is 1. The Labute approximate surface area is 139 Å². The van der Waals surface area contributed by atoms with E-state index in [1.54, 1.807) is 0 Å². The summed E-state index contributed by atoms with van der Waals surface area (Å²) in [6, 6.07) is 9.65. The first-order valence-electron chi connectivity index (χ1n) is 6.12. The number of amides is 1. The fourth-order valence-electron chi connectivity index (χ4n) is 2.18. The van der Waals surface area contributed by atoms with Gasteiger partial charge in [-0.25, -0.2) is 0 Å². The summed E-state index contributed by atoms with van der Waals surface area (Å²) in [6.45, 7) is 0. The highest BCUT2D eigenvalue weighted by Gasteiger charge is 2.23. The van der Waals surface area contributed by atoms with Crippen LogP contribution in [0.4, 0.5) is 0 Å². The molecule has 0 saturated carbocycles. The molecule has 2 heterocycles. The molecule has 104 valence electrons. The molecule has 1 N–H and O–H groups in total. The number of rotatable bonds is 2. The van der Waals surface area contributed by atoms with E-state index < -0.39 is 0 Å². The molecule has 1 unspecified atom stereocenters. The second-order valence-corrected chi connectivity index (χ2v) is 8.49. The topological polar surface area (TPSA) is 29.1 Å². The average Bonchev–Trinajstić information content (AvgIpc) is 2.86. The van der Waals surface area contributed by atoms with Crippen molar-refractivity contribution in [3.8, 4) is 0 Å². The number of benzene rings is 1. The maximum Gasteiger partial charge on any atom is 0.261 e. The first-order chi connectivity index (χ1) is 9.63. The van der Waals surface area contributed by atoms with Crippen molar-refractivity contribution in [3.05, 3.63) is 49.6 Å². The number of thiophene rings is 1. The summed E-state index contributed by atoms with van der Waals surface area (Å²) in [6.07, 6.45) is 0.927. The van der Waals surface area contributed by atoms with Crippen molar-refractivity contribution < 1.29 is 4.79 Å². The Bertz CT molecular complexity index is 658. The van der Waals surface area contributed by atoms with Crippen molar-refractivity contribution in [2.24, 2.45) is 0 Å². The fourth-order valence-corrected chi connectivity index (χ4v) is 4.76. The van der Waals surface area contributed by atoms with Crippen LogP contribution in [-0.4, -0.2) is 11.7 Å². The molecule has 1 aliphatic rings. The quantitative estimate of drug-likeness (QED) is 0.772. The zero-order valence-electron chi connectivity index (χ0n) is 10.4. The van der Waals surface area contributed by atoms with Crippen molar-refractivity contribution in [1.29, 1.82) is 0 Å². The highest BCUT2D eigenvalue weighted by molar-refractivity contribution is 9.11. The molecule has 2 nitrogen and oxygen atoms in total. The van der Waals surface area contributed by atoms with Gasteiger partial charge in [-0.3, -0.25) is 4.79 Å². The Morgan fingerprint density at radius 3 is 2.95 bits per heavy atom. The molecule has 1 amide bonds. The van der Waals surface area contributed by atoms with Gasteiger partial charge < -0.3 is 5.32 Å². The van der Waals surface area contributed by atoms with Gasteiger partial charge in [-0.2, -0.15) is 0 Å². The van der Waals surface area contributed by atoms with E-state index in [0.29, 0.717) is 5.02 Å². The van der Waals surface area contributed by atoms with Crippen LogP contribution < -0.4 is 5.32 Å². The molecule has 0 saturated heterocycles. The van der Waals surface area contributed by atoms with Gasteiger partial charge in [-0.15, -0.1) is 23.1 Å². The summed E-state index contributed by atoms with van der Waals surface area (Å²) in [7, 11) is 0. The molecular formula is C14H11BrClNOS2. The third-order valence-corrected chi connectivity index (χ3v) is 6.09. The minimum absolute atomic E-state index is 0.0245. The summed E-state index contributed by atoms with van der Waals surface area (Å²) >= 11 is 12.7. The van der Waals surface area contributed by atoms with Crippen LogP contribution in [0.15, 0.2) is 39.0 Å². The molecule has 6 heteroatoms. The fraction of sp³-hybridized carbons (Fsp3) is 0.214. The lowest BCUT2D eigenvalue weighted by atomic mass is 10.0. The molecule has 0 spiro atoms. The lowest BCUT2D eigenvalue weighted by Crippen LogP contribution is -2.30. The van der Waals surface area contributed by atoms with Crippen molar-refractivity contribution in [2.45, 2.75) is 17.4 Å². The van der Waals surface area contributed by atoms with Gasteiger partial charge in [0.15, 0.2) is 0 Å².